The van der Waals surface area contributed by atoms with E-state index in [9.17, 15) is 9.18 Å². The average Bonchev–Trinajstić information content (AvgIpc) is 1.67. The quantitative estimate of drug-likeness (QED) is 0.551. The normalized spacial score (nSPS) is 13.2. The van der Waals surface area contributed by atoms with Crippen LogP contribution in [0.2, 0.25) is 0 Å². The van der Waals surface area contributed by atoms with E-state index in [2.05, 4.69) is 0 Å². The predicted molar refractivity (Wildman–Crippen MR) is 26.4 cm³/mol. The second-order valence-corrected chi connectivity index (χ2v) is 1.41. The van der Waals surface area contributed by atoms with Gasteiger partial charge in [0.15, 0.2) is 0 Å². The van der Waals surface area contributed by atoms with Crippen molar-refractivity contribution >= 4 is 17.7 Å². The third kappa shape index (κ3) is 2.76. The molecule has 0 saturated heterocycles. The first-order valence-corrected chi connectivity index (χ1v) is 2.26. The molecule has 1 atom stereocenters. The fourth-order valence-electron chi connectivity index (χ4n) is 0.155. The Balaban J connectivity index is 3.32. The van der Waals surface area contributed by atoms with E-state index in [1.165, 1.54) is 0 Å². The topological polar surface area (TPSA) is 49.3 Å². The van der Waals surface area contributed by atoms with Crippen LogP contribution in [0.5, 0.6) is 0 Å². The fourth-order valence-corrected chi connectivity index (χ4v) is 0.291. The Bertz CT molecular complexity index is 89.4. The number of rotatable bonds is 3. The van der Waals surface area contributed by atoms with Crippen molar-refractivity contribution in [3.63, 3.8) is 0 Å². The van der Waals surface area contributed by atoms with Gasteiger partial charge in [-0.05, 0) is 11.8 Å². The zero-order valence-electron chi connectivity index (χ0n) is 3.90. The molecule has 1 unspecified atom stereocenters. The summed E-state index contributed by atoms with van der Waals surface area (Å²) in [7, 11) is 0. The molecule has 0 aromatic heterocycles. The van der Waals surface area contributed by atoms with Crippen molar-refractivity contribution in [2.24, 2.45) is 0 Å². The highest BCUT2D eigenvalue weighted by atomic mass is 35.5. The molecule has 0 rings (SSSR count). The molecule has 5 heteroatoms. The monoisotopic (exact) mass is 141 g/mol. The van der Waals surface area contributed by atoms with E-state index >= 15 is 0 Å². The first kappa shape index (κ1) is 7.65. The molecule has 0 aliphatic carbocycles. The van der Waals surface area contributed by atoms with Crippen LogP contribution < -0.4 is 4.84 Å². The van der Waals surface area contributed by atoms with Crippen LogP contribution in [-0.2, 0) is 4.79 Å². The van der Waals surface area contributed by atoms with Crippen molar-refractivity contribution in [3.05, 3.63) is 0 Å². The summed E-state index contributed by atoms with van der Waals surface area (Å²) in [5, 5.41) is 7.84. The summed E-state index contributed by atoms with van der Waals surface area (Å²) in [4.78, 5) is 11.5. The van der Waals surface area contributed by atoms with E-state index < -0.39 is 12.1 Å². The van der Waals surface area contributed by atoms with Gasteiger partial charge in [0.2, 0.25) is 6.17 Å². The Kier molecular flexibility index (Phi) is 3.47. The Morgan fingerprint density at radius 1 is 2.00 bits per heavy atom. The number of carboxylic acids is 1. The Morgan fingerprint density at radius 2 is 2.50 bits per heavy atom. The van der Waals surface area contributed by atoms with Crippen LogP contribution in [-0.4, -0.2) is 23.8 Å². The maximum absolute atomic E-state index is 11.8. The molecule has 0 heterocycles. The van der Waals surface area contributed by atoms with Crippen LogP contribution in [0.25, 0.3) is 0 Å². The Labute approximate surface area is 50.6 Å². The van der Waals surface area contributed by atoms with Gasteiger partial charge in [0, 0.05) is 0 Å². The number of carbonyl (C=O) groups is 1. The highest BCUT2D eigenvalue weighted by molar-refractivity contribution is 6.13. The van der Waals surface area contributed by atoms with Crippen molar-refractivity contribution < 1.29 is 14.3 Å². The average molecular weight is 142 g/mol. The second kappa shape index (κ2) is 3.63. The number of hydrogen-bond donors (Lipinski definition) is 2. The molecule has 8 heavy (non-hydrogen) atoms. The van der Waals surface area contributed by atoms with Gasteiger partial charge in [-0.25, -0.2) is 14.0 Å². The lowest BCUT2D eigenvalue weighted by atomic mass is 10.4. The van der Waals surface area contributed by atoms with E-state index in [1.807, 2.05) is 4.84 Å². The molecule has 48 valence electrons. The molecule has 0 saturated carbocycles. The molecule has 3 nitrogen and oxygen atoms in total. The van der Waals surface area contributed by atoms with Crippen LogP contribution in [0.1, 0.15) is 0 Å². The van der Waals surface area contributed by atoms with Gasteiger partial charge in [0.1, 0.15) is 0 Å². The van der Waals surface area contributed by atoms with E-state index in [4.69, 9.17) is 16.9 Å². The maximum atomic E-state index is 11.8. The van der Waals surface area contributed by atoms with Crippen LogP contribution in [0.3, 0.4) is 0 Å². The van der Waals surface area contributed by atoms with Gasteiger partial charge in [-0.15, -0.1) is 0 Å². The van der Waals surface area contributed by atoms with E-state index in [1.54, 1.807) is 0 Å². The van der Waals surface area contributed by atoms with Gasteiger partial charge in [0.25, 0.3) is 0 Å². The van der Waals surface area contributed by atoms with Gasteiger partial charge >= 0.3 is 5.97 Å². The molecule has 0 spiro atoms. The lowest BCUT2D eigenvalue weighted by Crippen LogP contribution is -2.24. The number of hydrogen-bond acceptors (Lipinski definition) is 2. The molecular weight excluding hydrogens is 136 g/mol. The minimum Gasteiger partial charge on any atom is -0.479 e. The smallest absolute Gasteiger partial charge is 0.339 e. The molecule has 2 N–H and O–H groups in total. The molecule has 0 fully saturated rings. The Morgan fingerprint density at radius 3 is 2.62 bits per heavy atom. The van der Waals surface area contributed by atoms with Crippen LogP contribution in [0.4, 0.5) is 4.39 Å². The first-order valence-electron chi connectivity index (χ1n) is 1.89. The molecule has 0 aliphatic heterocycles. The first-order chi connectivity index (χ1) is 3.68. The number of carboxylic acid groups (broad SMARTS) is 1. The number of alkyl halides is 1. The number of halogens is 2. The largest absolute Gasteiger partial charge is 0.479 e. The van der Waals surface area contributed by atoms with Crippen molar-refractivity contribution in [3.8, 4) is 0 Å². The summed E-state index contributed by atoms with van der Waals surface area (Å²) >= 11 is 4.79. The van der Waals surface area contributed by atoms with Crippen molar-refractivity contribution in [1.82, 2.24) is 4.84 Å². The molecule has 0 amide bonds. The van der Waals surface area contributed by atoms with Gasteiger partial charge in [-0.3, -0.25) is 0 Å². The lowest BCUT2D eigenvalue weighted by Gasteiger charge is -1.96. The molecule has 0 bridgehead atoms. The fraction of sp³-hybridized carbons (Fsp3) is 0.667. The zero-order valence-corrected chi connectivity index (χ0v) is 4.65. The molecule has 0 aromatic carbocycles. The summed E-state index contributed by atoms with van der Waals surface area (Å²) in [5.74, 6) is -1.50. The third-order valence-corrected chi connectivity index (χ3v) is 0.679. The van der Waals surface area contributed by atoms with Crippen molar-refractivity contribution in [2.75, 3.05) is 6.54 Å². The van der Waals surface area contributed by atoms with Crippen LogP contribution in [0, 0.1) is 0 Å². The number of nitrogens with one attached hydrogen (secondary N) is 1. The predicted octanol–water partition coefficient (Wildman–Crippen LogP) is 0.152. The van der Waals surface area contributed by atoms with E-state index in [0.717, 1.165) is 0 Å². The van der Waals surface area contributed by atoms with Gasteiger partial charge < -0.3 is 5.11 Å². The second-order valence-electron chi connectivity index (χ2n) is 1.14. The third-order valence-electron chi connectivity index (χ3n) is 0.524. The summed E-state index contributed by atoms with van der Waals surface area (Å²) < 4.78 is 11.8. The summed E-state index contributed by atoms with van der Waals surface area (Å²) in [6.07, 6.45) is -1.91. The van der Waals surface area contributed by atoms with Crippen molar-refractivity contribution in [2.45, 2.75) is 6.17 Å². The molecule has 0 radical (unpaired) electrons. The van der Waals surface area contributed by atoms with Crippen LogP contribution in [0.15, 0.2) is 0 Å². The summed E-state index contributed by atoms with van der Waals surface area (Å²) in [6, 6.07) is 0. The summed E-state index contributed by atoms with van der Waals surface area (Å²) in [6.45, 7) is -0.364. The molecule has 0 aromatic rings. The minimum atomic E-state index is -1.91. The SMILES string of the molecule is O=C(O)C(F)CNCl. The highest BCUT2D eigenvalue weighted by Crippen LogP contribution is 1.87. The van der Waals surface area contributed by atoms with Gasteiger partial charge in [-0.2, -0.15) is 0 Å². The minimum absolute atomic E-state index is 0.364. The lowest BCUT2D eigenvalue weighted by molar-refractivity contribution is -0.142. The van der Waals surface area contributed by atoms with E-state index in [0.29, 0.717) is 0 Å². The maximum Gasteiger partial charge on any atom is 0.339 e. The van der Waals surface area contributed by atoms with Crippen LogP contribution >= 0.6 is 11.8 Å². The zero-order chi connectivity index (χ0) is 6.57. The van der Waals surface area contributed by atoms with Crippen molar-refractivity contribution in [1.29, 1.82) is 0 Å². The van der Waals surface area contributed by atoms with Gasteiger partial charge in [0.05, 0.1) is 6.54 Å². The van der Waals surface area contributed by atoms with Gasteiger partial charge in [-0.1, -0.05) is 0 Å². The molecule has 0 aliphatic rings. The number of aliphatic carboxylic acids is 1. The summed E-state index contributed by atoms with van der Waals surface area (Å²) in [5.41, 5.74) is 0. The standard InChI is InChI=1S/C3H5ClFNO2/c4-6-1-2(5)3(7)8/h2,6H,1H2,(H,7,8). The highest BCUT2D eigenvalue weighted by Gasteiger charge is 2.13. The van der Waals surface area contributed by atoms with E-state index in [-0.39, 0.29) is 6.54 Å². The Hall–Kier alpha value is -0.350. The molecular formula is C3H5ClFNO2.